The molecule has 7 nitrogen and oxygen atoms in total. The summed E-state index contributed by atoms with van der Waals surface area (Å²) in [6.45, 7) is 4.99. The molecule has 2 aromatic carbocycles. The second kappa shape index (κ2) is 13.0. The van der Waals surface area contributed by atoms with Crippen molar-refractivity contribution in [3.05, 3.63) is 59.7 Å². The van der Waals surface area contributed by atoms with E-state index in [0.717, 1.165) is 11.1 Å². The molecule has 0 saturated carbocycles. The van der Waals surface area contributed by atoms with Gasteiger partial charge in [-0.2, -0.15) is 0 Å². The SMILES string of the molecule is CCOc1ccc(CCNC(=O)COC(=O)/C=C/c2ccccc2OC)cc1OCC. The number of carbonyl (C=O) groups is 2. The third-order valence-corrected chi connectivity index (χ3v) is 4.23. The molecule has 2 rings (SSSR count). The smallest absolute Gasteiger partial charge is 0.331 e. The summed E-state index contributed by atoms with van der Waals surface area (Å²) in [5, 5.41) is 2.74. The zero-order valence-electron chi connectivity index (χ0n) is 18.2. The van der Waals surface area contributed by atoms with Gasteiger partial charge in [0.05, 0.1) is 20.3 Å². The van der Waals surface area contributed by atoms with Gasteiger partial charge in [-0.15, -0.1) is 0 Å². The Balaban J connectivity index is 1.76. The van der Waals surface area contributed by atoms with E-state index < -0.39 is 5.97 Å². The van der Waals surface area contributed by atoms with Crippen molar-refractivity contribution in [2.45, 2.75) is 20.3 Å². The van der Waals surface area contributed by atoms with E-state index in [4.69, 9.17) is 18.9 Å². The van der Waals surface area contributed by atoms with Crippen LogP contribution in [0.25, 0.3) is 6.08 Å². The van der Waals surface area contributed by atoms with E-state index in [0.29, 0.717) is 43.4 Å². The molecule has 2 aromatic rings. The Hall–Kier alpha value is -3.48. The molecule has 1 N–H and O–H groups in total. The lowest BCUT2D eigenvalue weighted by atomic mass is 10.1. The fraction of sp³-hybridized carbons (Fsp3) is 0.333. The molecular weight excluding hydrogens is 398 g/mol. The Kier molecular flexibility index (Phi) is 9.94. The Morgan fingerprint density at radius 2 is 1.71 bits per heavy atom. The maximum Gasteiger partial charge on any atom is 0.331 e. The number of rotatable bonds is 12. The van der Waals surface area contributed by atoms with Gasteiger partial charge in [0.2, 0.25) is 0 Å². The fourth-order valence-electron chi connectivity index (χ4n) is 2.80. The Morgan fingerprint density at radius 1 is 0.968 bits per heavy atom. The van der Waals surface area contributed by atoms with Gasteiger partial charge >= 0.3 is 5.97 Å². The van der Waals surface area contributed by atoms with Crippen molar-refractivity contribution in [2.75, 3.05) is 33.5 Å². The number of methoxy groups -OCH3 is 1. The van der Waals surface area contributed by atoms with E-state index in [-0.39, 0.29) is 12.5 Å². The number of benzene rings is 2. The summed E-state index contributed by atoms with van der Waals surface area (Å²) in [5.41, 5.74) is 1.75. The zero-order chi connectivity index (χ0) is 22.5. The van der Waals surface area contributed by atoms with Crippen LogP contribution in [0.15, 0.2) is 48.5 Å². The van der Waals surface area contributed by atoms with Gasteiger partial charge in [-0.1, -0.05) is 24.3 Å². The molecule has 0 saturated heterocycles. The average Bonchev–Trinajstić information content (AvgIpc) is 2.78. The number of ether oxygens (including phenoxy) is 4. The zero-order valence-corrected chi connectivity index (χ0v) is 18.2. The van der Waals surface area contributed by atoms with E-state index in [2.05, 4.69) is 5.32 Å². The monoisotopic (exact) mass is 427 g/mol. The molecule has 0 radical (unpaired) electrons. The Morgan fingerprint density at radius 3 is 2.45 bits per heavy atom. The van der Waals surface area contributed by atoms with Crippen molar-refractivity contribution < 1.29 is 28.5 Å². The highest BCUT2D eigenvalue weighted by Gasteiger charge is 2.08. The molecule has 1 amide bonds. The van der Waals surface area contributed by atoms with Gasteiger partial charge in [0, 0.05) is 18.2 Å². The minimum atomic E-state index is -0.603. The largest absolute Gasteiger partial charge is 0.496 e. The summed E-state index contributed by atoms with van der Waals surface area (Å²) in [5.74, 6) is 1.06. The first-order chi connectivity index (χ1) is 15.1. The molecule has 166 valence electrons. The molecule has 0 aliphatic heterocycles. The summed E-state index contributed by atoms with van der Waals surface area (Å²) < 4.78 is 21.3. The standard InChI is InChI=1S/C24H29NO6/c1-4-29-21-12-10-18(16-22(21)30-5-2)14-15-25-23(26)17-31-24(27)13-11-19-8-6-7-9-20(19)28-3/h6-13,16H,4-5,14-15,17H2,1-3H3,(H,25,26)/b13-11+. The van der Waals surface area contributed by atoms with Crippen molar-refractivity contribution in [2.24, 2.45) is 0 Å². The van der Waals surface area contributed by atoms with Crippen molar-refractivity contribution in [3.8, 4) is 17.2 Å². The predicted octanol–water partition coefficient (Wildman–Crippen LogP) is 3.41. The van der Waals surface area contributed by atoms with Gasteiger partial charge in [-0.05, 0) is 50.1 Å². The van der Waals surface area contributed by atoms with Gasteiger partial charge in [0.25, 0.3) is 5.91 Å². The molecule has 0 bridgehead atoms. The molecule has 0 atom stereocenters. The van der Waals surface area contributed by atoms with Gasteiger partial charge in [0.1, 0.15) is 5.75 Å². The highest BCUT2D eigenvalue weighted by Crippen LogP contribution is 2.28. The Labute approximate surface area is 183 Å². The predicted molar refractivity (Wildman–Crippen MR) is 118 cm³/mol. The van der Waals surface area contributed by atoms with Crippen molar-refractivity contribution in [3.63, 3.8) is 0 Å². The maximum absolute atomic E-state index is 11.9. The van der Waals surface area contributed by atoms with Crippen LogP contribution in [0.4, 0.5) is 0 Å². The normalized spacial score (nSPS) is 10.5. The quantitative estimate of drug-likeness (QED) is 0.413. The number of amides is 1. The Bertz CT molecular complexity index is 893. The third kappa shape index (κ3) is 8.04. The van der Waals surface area contributed by atoms with E-state index in [9.17, 15) is 9.59 Å². The number of carbonyl (C=O) groups excluding carboxylic acids is 2. The van der Waals surface area contributed by atoms with E-state index in [1.165, 1.54) is 6.08 Å². The van der Waals surface area contributed by atoms with Gasteiger partial charge < -0.3 is 24.3 Å². The van der Waals surface area contributed by atoms with Crippen molar-refractivity contribution in [1.82, 2.24) is 5.32 Å². The molecule has 0 aromatic heterocycles. The number of esters is 1. The molecule has 0 aliphatic rings. The summed E-state index contributed by atoms with van der Waals surface area (Å²) >= 11 is 0. The molecule has 31 heavy (non-hydrogen) atoms. The summed E-state index contributed by atoms with van der Waals surface area (Å²) in [6.07, 6.45) is 3.46. The number of hydrogen-bond acceptors (Lipinski definition) is 6. The molecule has 0 fully saturated rings. The lowest BCUT2D eigenvalue weighted by molar-refractivity contribution is -0.143. The van der Waals surface area contributed by atoms with Crippen LogP contribution in [0.2, 0.25) is 0 Å². The molecule has 0 heterocycles. The highest BCUT2D eigenvalue weighted by molar-refractivity contribution is 5.89. The lowest BCUT2D eigenvalue weighted by Gasteiger charge is -2.12. The first kappa shape index (κ1) is 23.8. The maximum atomic E-state index is 11.9. The van der Waals surface area contributed by atoms with Gasteiger partial charge in [-0.25, -0.2) is 4.79 Å². The highest BCUT2D eigenvalue weighted by atomic mass is 16.5. The average molecular weight is 427 g/mol. The second-order valence-electron chi connectivity index (χ2n) is 6.43. The lowest BCUT2D eigenvalue weighted by Crippen LogP contribution is -2.30. The minimum absolute atomic E-state index is 0.345. The second-order valence-corrected chi connectivity index (χ2v) is 6.43. The van der Waals surface area contributed by atoms with Crippen LogP contribution in [0.5, 0.6) is 17.2 Å². The number of hydrogen-bond donors (Lipinski definition) is 1. The minimum Gasteiger partial charge on any atom is -0.496 e. The summed E-state index contributed by atoms with van der Waals surface area (Å²) in [7, 11) is 1.56. The molecule has 0 unspecified atom stereocenters. The van der Waals surface area contributed by atoms with Crippen LogP contribution >= 0.6 is 0 Å². The summed E-state index contributed by atoms with van der Waals surface area (Å²) in [6, 6.07) is 13.0. The van der Waals surface area contributed by atoms with Crippen LogP contribution in [0.1, 0.15) is 25.0 Å². The summed E-state index contributed by atoms with van der Waals surface area (Å²) in [4.78, 5) is 23.8. The first-order valence-electron chi connectivity index (χ1n) is 10.2. The van der Waals surface area contributed by atoms with Crippen LogP contribution in [-0.2, 0) is 20.7 Å². The van der Waals surface area contributed by atoms with Crippen molar-refractivity contribution in [1.29, 1.82) is 0 Å². The molecule has 7 heteroatoms. The molecule has 0 aliphatic carbocycles. The molecular formula is C24H29NO6. The van der Waals surface area contributed by atoms with Crippen LogP contribution in [-0.4, -0.2) is 45.4 Å². The van der Waals surface area contributed by atoms with Crippen molar-refractivity contribution >= 4 is 18.0 Å². The van der Waals surface area contributed by atoms with Crippen LogP contribution < -0.4 is 19.5 Å². The fourth-order valence-corrected chi connectivity index (χ4v) is 2.80. The topological polar surface area (TPSA) is 83.1 Å². The first-order valence-corrected chi connectivity index (χ1v) is 10.2. The number of para-hydroxylation sites is 1. The van der Waals surface area contributed by atoms with E-state index in [1.54, 1.807) is 19.3 Å². The van der Waals surface area contributed by atoms with Crippen LogP contribution in [0, 0.1) is 0 Å². The van der Waals surface area contributed by atoms with E-state index >= 15 is 0 Å². The van der Waals surface area contributed by atoms with E-state index in [1.807, 2.05) is 50.2 Å². The van der Waals surface area contributed by atoms with Crippen LogP contribution in [0.3, 0.4) is 0 Å². The third-order valence-electron chi connectivity index (χ3n) is 4.23. The number of nitrogens with one attached hydrogen (secondary N) is 1. The van der Waals surface area contributed by atoms with Gasteiger partial charge in [0.15, 0.2) is 18.1 Å². The van der Waals surface area contributed by atoms with Gasteiger partial charge in [-0.3, -0.25) is 4.79 Å². The molecule has 0 spiro atoms.